The summed E-state index contributed by atoms with van der Waals surface area (Å²) in [7, 11) is 1.57. The number of rotatable bonds is 2. The highest BCUT2D eigenvalue weighted by Gasteiger charge is 2.12. The molecule has 0 aromatic carbocycles. The Morgan fingerprint density at radius 2 is 1.94 bits per heavy atom. The quantitative estimate of drug-likeness (QED) is 0.842. The van der Waals surface area contributed by atoms with Crippen molar-refractivity contribution < 1.29 is 4.74 Å². The SMILES string of the molecule is COc1cc(-n2nc(C)c(N)c2C)nc(C)n1. The summed E-state index contributed by atoms with van der Waals surface area (Å²) < 4.78 is 6.81. The summed E-state index contributed by atoms with van der Waals surface area (Å²) in [6.45, 7) is 5.57. The third kappa shape index (κ3) is 1.93. The second-order valence-electron chi connectivity index (χ2n) is 3.81. The van der Waals surface area contributed by atoms with Crippen molar-refractivity contribution in [3.8, 4) is 11.7 Å². The number of nitrogen functional groups attached to an aromatic ring is 1. The maximum absolute atomic E-state index is 5.89. The second kappa shape index (κ2) is 4.04. The van der Waals surface area contributed by atoms with Gasteiger partial charge < -0.3 is 10.5 Å². The van der Waals surface area contributed by atoms with Crippen LogP contribution in [0.15, 0.2) is 6.07 Å². The van der Waals surface area contributed by atoms with Gasteiger partial charge in [0.05, 0.1) is 24.2 Å². The number of hydrogen-bond donors (Lipinski definition) is 1. The van der Waals surface area contributed by atoms with Crippen LogP contribution < -0.4 is 10.5 Å². The van der Waals surface area contributed by atoms with E-state index in [0.717, 1.165) is 11.4 Å². The minimum Gasteiger partial charge on any atom is -0.481 e. The van der Waals surface area contributed by atoms with Crippen molar-refractivity contribution in [3.63, 3.8) is 0 Å². The van der Waals surface area contributed by atoms with Gasteiger partial charge in [-0.3, -0.25) is 0 Å². The Hall–Kier alpha value is -2.11. The zero-order chi connectivity index (χ0) is 12.6. The van der Waals surface area contributed by atoms with E-state index in [1.165, 1.54) is 0 Å². The molecule has 0 amide bonds. The molecule has 0 spiro atoms. The molecular weight excluding hydrogens is 218 g/mol. The molecule has 0 fully saturated rings. The Balaban J connectivity index is 2.59. The van der Waals surface area contributed by atoms with E-state index in [4.69, 9.17) is 10.5 Å². The van der Waals surface area contributed by atoms with Crippen molar-refractivity contribution >= 4 is 5.69 Å². The van der Waals surface area contributed by atoms with Gasteiger partial charge in [-0.2, -0.15) is 10.1 Å². The first kappa shape index (κ1) is 11.4. The molecular formula is C11H15N5O. The van der Waals surface area contributed by atoms with Crippen molar-refractivity contribution in [2.75, 3.05) is 12.8 Å². The first-order chi connectivity index (χ1) is 8.02. The molecule has 0 aliphatic rings. The molecule has 2 aromatic rings. The van der Waals surface area contributed by atoms with E-state index in [9.17, 15) is 0 Å². The van der Waals surface area contributed by atoms with Crippen LogP contribution in [0.2, 0.25) is 0 Å². The fourth-order valence-electron chi connectivity index (χ4n) is 1.62. The summed E-state index contributed by atoms with van der Waals surface area (Å²) in [5, 5.41) is 4.34. The maximum Gasteiger partial charge on any atom is 0.218 e. The van der Waals surface area contributed by atoms with Crippen molar-refractivity contribution in [2.45, 2.75) is 20.8 Å². The van der Waals surface area contributed by atoms with Crippen LogP contribution in [0.3, 0.4) is 0 Å². The number of nitrogens with zero attached hydrogens (tertiary/aromatic N) is 4. The predicted molar refractivity (Wildman–Crippen MR) is 64.3 cm³/mol. The Labute approximate surface area is 99.4 Å². The van der Waals surface area contributed by atoms with Gasteiger partial charge in [-0.15, -0.1) is 0 Å². The lowest BCUT2D eigenvalue weighted by Gasteiger charge is -2.06. The zero-order valence-corrected chi connectivity index (χ0v) is 10.4. The molecule has 2 N–H and O–H groups in total. The molecule has 2 rings (SSSR count). The third-order valence-electron chi connectivity index (χ3n) is 2.57. The first-order valence-electron chi connectivity index (χ1n) is 5.24. The van der Waals surface area contributed by atoms with E-state index < -0.39 is 0 Å². The molecule has 6 nitrogen and oxygen atoms in total. The average Bonchev–Trinajstić information content (AvgIpc) is 2.56. The van der Waals surface area contributed by atoms with Crippen molar-refractivity contribution in [1.29, 1.82) is 0 Å². The maximum atomic E-state index is 5.89. The molecule has 0 radical (unpaired) electrons. The molecule has 0 saturated heterocycles. The predicted octanol–water partition coefficient (Wildman–Crippen LogP) is 1.18. The molecule has 17 heavy (non-hydrogen) atoms. The van der Waals surface area contributed by atoms with Gasteiger partial charge in [-0.25, -0.2) is 9.67 Å². The first-order valence-corrected chi connectivity index (χ1v) is 5.24. The third-order valence-corrected chi connectivity index (χ3v) is 2.57. The van der Waals surface area contributed by atoms with E-state index >= 15 is 0 Å². The molecule has 2 heterocycles. The van der Waals surface area contributed by atoms with E-state index in [-0.39, 0.29) is 0 Å². The molecule has 0 aliphatic heterocycles. The van der Waals surface area contributed by atoms with Gasteiger partial charge in [0.2, 0.25) is 5.88 Å². The number of methoxy groups -OCH3 is 1. The van der Waals surface area contributed by atoms with E-state index in [1.54, 1.807) is 24.8 Å². The highest BCUT2D eigenvalue weighted by atomic mass is 16.5. The Morgan fingerprint density at radius 3 is 2.47 bits per heavy atom. The number of aryl methyl sites for hydroxylation is 2. The van der Waals surface area contributed by atoms with Crippen molar-refractivity contribution in [2.24, 2.45) is 0 Å². The molecule has 0 unspecified atom stereocenters. The van der Waals surface area contributed by atoms with Crippen molar-refractivity contribution in [3.05, 3.63) is 23.3 Å². The van der Waals surface area contributed by atoms with Crippen LogP contribution in [0, 0.1) is 20.8 Å². The molecule has 90 valence electrons. The van der Waals surface area contributed by atoms with Gasteiger partial charge in [0.1, 0.15) is 5.82 Å². The minimum atomic E-state index is 0.513. The highest BCUT2D eigenvalue weighted by Crippen LogP contribution is 2.20. The van der Waals surface area contributed by atoms with Gasteiger partial charge in [0.25, 0.3) is 0 Å². The molecule has 0 bridgehead atoms. The molecule has 0 aliphatic carbocycles. The highest BCUT2D eigenvalue weighted by molar-refractivity contribution is 5.49. The van der Waals surface area contributed by atoms with Crippen LogP contribution in [-0.4, -0.2) is 26.9 Å². The summed E-state index contributed by atoms with van der Waals surface area (Å²) in [4.78, 5) is 8.45. The number of hydrogen-bond acceptors (Lipinski definition) is 5. The Kier molecular flexibility index (Phi) is 2.71. The zero-order valence-electron chi connectivity index (χ0n) is 10.4. The second-order valence-corrected chi connectivity index (χ2v) is 3.81. The Bertz CT molecular complexity index is 561. The summed E-state index contributed by atoms with van der Waals surface area (Å²) >= 11 is 0. The number of anilines is 1. The van der Waals surface area contributed by atoms with Crippen LogP contribution in [0.1, 0.15) is 17.2 Å². The largest absolute Gasteiger partial charge is 0.481 e. The van der Waals surface area contributed by atoms with Gasteiger partial charge in [-0.1, -0.05) is 0 Å². The standard InChI is InChI=1S/C11H15N5O/c1-6-11(12)7(2)16(15-6)9-5-10(17-4)14-8(3)13-9/h5H,12H2,1-4H3. The number of ether oxygens (including phenoxy) is 1. The lowest BCUT2D eigenvalue weighted by atomic mass is 10.3. The van der Waals surface area contributed by atoms with Gasteiger partial charge in [0.15, 0.2) is 5.82 Å². The van der Waals surface area contributed by atoms with Crippen LogP contribution in [0.5, 0.6) is 5.88 Å². The summed E-state index contributed by atoms with van der Waals surface area (Å²) in [5.74, 6) is 1.80. The van der Waals surface area contributed by atoms with E-state index in [0.29, 0.717) is 23.2 Å². The summed E-state index contributed by atoms with van der Waals surface area (Å²) in [6, 6.07) is 1.73. The van der Waals surface area contributed by atoms with Crippen LogP contribution in [0.4, 0.5) is 5.69 Å². The van der Waals surface area contributed by atoms with Gasteiger partial charge in [-0.05, 0) is 20.8 Å². The van der Waals surface area contributed by atoms with Crippen LogP contribution >= 0.6 is 0 Å². The fraction of sp³-hybridized carbons (Fsp3) is 0.364. The fourth-order valence-corrected chi connectivity index (χ4v) is 1.62. The molecule has 2 aromatic heterocycles. The number of nitrogens with two attached hydrogens (primary N) is 1. The molecule has 0 saturated carbocycles. The lowest BCUT2D eigenvalue weighted by Crippen LogP contribution is -2.05. The molecule has 0 atom stereocenters. The Morgan fingerprint density at radius 1 is 1.24 bits per heavy atom. The topological polar surface area (TPSA) is 78.9 Å². The minimum absolute atomic E-state index is 0.513. The van der Waals surface area contributed by atoms with E-state index in [1.807, 2.05) is 13.8 Å². The lowest BCUT2D eigenvalue weighted by molar-refractivity contribution is 0.395. The number of aromatic nitrogens is 4. The summed E-state index contributed by atoms with van der Waals surface area (Å²) in [5.41, 5.74) is 8.22. The van der Waals surface area contributed by atoms with Crippen LogP contribution in [0.25, 0.3) is 5.82 Å². The molecule has 6 heteroatoms. The summed E-state index contributed by atoms with van der Waals surface area (Å²) in [6.07, 6.45) is 0. The monoisotopic (exact) mass is 233 g/mol. The van der Waals surface area contributed by atoms with Crippen molar-refractivity contribution in [1.82, 2.24) is 19.7 Å². The average molecular weight is 233 g/mol. The normalized spacial score (nSPS) is 10.6. The van der Waals surface area contributed by atoms with E-state index in [2.05, 4.69) is 15.1 Å². The van der Waals surface area contributed by atoms with Crippen LogP contribution in [-0.2, 0) is 0 Å². The van der Waals surface area contributed by atoms with Gasteiger partial charge >= 0.3 is 0 Å². The van der Waals surface area contributed by atoms with Gasteiger partial charge in [0, 0.05) is 6.07 Å². The smallest absolute Gasteiger partial charge is 0.218 e.